The van der Waals surface area contributed by atoms with E-state index in [2.05, 4.69) is 9.97 Å². The fraction of sp³-hybridized carbons (Fsp3) is 0.227. The number of rotatable bonds is 8. The molecule has 1 amide bonds. The number of ether oxygens (including phenoxy) is 1. The highest BCUT2D eigenvalue weighted by molar-refractivity contribution is 7.22. The van der Waals surface area contributed by atoms with Gasteiger partial charge >= 0.3 is 0 Å². The fourth-order valence-electron chi connectivity index (χ4n) is 3.16. The molecule has 0 unspecified atom stereocenters. The number of hydrogen-bond donors (Lipinski definition) is 0. The van der Waals surface area contributed by atoms with E-state index in [4.69, 9.17) is 4.74 Å². The molecule has 0 aliphatic heterocycles. The van der Waals surface area contributed by atoms with Gasteiger partial charge in [0.1, 0.15) is 11.6 Å². The molecule has 2 heterocycles. The Morgan fingerprint density at radius 3 is 2.74 bits per heavy atom. The van der Waals surface area contributed by atoms with Gasteiger partial charge in [-0.2, -0.15) is 0 Å². The van der Waals surface area contributed by atoms with Crippen LogP contribution in [0.25, 0.3) is 10.2 Å². The van der Waals surface area contributed by atoms with Crippen molar-refractivity contribution in [2.75, 3.05) is 18.6 Å². The third kappa shape index (κ3) is 5.59. The second kappa shape index (κ2) is 10.4. The van der Waals surface area contributed by atoms with Crippen molar-refractivity contribution in [3.63, 3.8) is 0 Å². The Hall–Kier alpha value is -2.97. The predicted molar refractivity (Wildman–Crippen MR) is 123 cm³/mol. The lowest BCUT2D eigenvalue weighted by atomic mass is 10.1. The third-order valence-corrected chi connectivity index (χ3v) is 5.78. The van der Waals surface area contributed by atoms with Crippen molar-refractivity contribution in [3.05, 3.63) is 72.6 Å². The SMILES string of the molecule is COc1ccc2nc(N(CCCn3ccnc3)C(=O)Cc3ccc(F)cc3)sc2c1.Cl. The number of carbonyl (C=O) groups is 1. The molecule has 0 aliphatic rings. The van der Waals surface area contributed by atoms with Crippen LogP contribution in [0.2, 0.25) is 0 Å². The number of amides is 1. The van der Waals surface area contributed by atoms with Crippen LogP contribution in [0.3, 0.4) is 0 Å². The first-order valence-corrected chi connectivity index (χ1v) is 10.4. The van der Waals surface area contributed by atoms with E-state index in [9.17, 15) is 9.18 Å². The molecule has 0 aliphatic carbocycles. The number of halogens is 2. The Morgan fingerprint density at radius 2 is 2.03 bits per heavy atom. The highest BCUT2D eigenvalue weighted by atomic mass is 35.5. The van der Waals surface area contributed by atoms with Crippen LogP contribution in [-0.4, -0.2) is 34.1 Å². The van der Waals surface area contributed by atoms with Crippen LogP contribution in [0.15, 0.2) is 61.2 Å². The van der Waals surface area contributed by atoms with Gasteiger partial charge in [0.15, 0.2) is 5.13 Å². The average molecular weight is 461 g/mol. The number of anilines is 1. The summed E-state index contributed by atoms with van der Waals surface area (Å²) in [6.45, 7) is 1.27. The number of carbonyl (C=O) groups excluding carboxylic acids is 1. The van der Waals surface area contributed by atoms with Crippen LogP contribution < -0.4 is 9.64 Å². The van der Waals surface area contributed by atoms with Crippen LogP contribution in [-0.2, 0) is 17.8 Å². The van der Waals surface area contributed by atoms with Crippen LogP contribution in [0.1, 0.15) is 12.0 Å². The minimum atomic E-state index is -0.316. The highest BCUT2D eigenvalue weighted by Crippen LogP contribution is 2.32. The number of aryl methyl sites for hydroxylation is 1. The maximum absolute atomic E-state index is 13.2. The van der Waals surface area contributed by atoms with Gasteiger partial charge in [-0.1, -0.05) is 23.5 Å². The lowest BCUT2D eigenvalue weighted by molar-refractivity contribution is -0.118. The summed E-state index contributed by atoms with van der Waals surface area (Å²) < 4.78 is 21.4. The molecule has 4 aromatic rings. The number of fused-ring (bicyclic) bond motifs is 1. The van der Waals surface area contributed by atoms with E-state index in [0.717, 1.165) is 34.5 Å². The second-order valence-corrected chi connectivity index (χ2v) is 7.84. The summed E-state index contributed by atoms with van der Waals surface area (Å²) in [7, 11) is 1.62. The molecule has 0 atom stereocenters. The zero-order chi connectivity index (χ0) is 20.9. The number of imidazole rings is 1. The van der Waals surface area contributed by atoms with E-state index in [1.807, 2.05) is 29.0 Å². The molecule has 0 radical (unpaired) electrons. The van der Waals surface area contributed by atoms with E-state index < -0.39 is 0 Å². The van der Waals surface area contributed by atoms with Gasteiger partial charge in [-0.15, -0.1) is 12.4 Å². The largest absolute Gasteiger partial charge is 0.497 e. The molecule has 2 aromatic heterocycles. The quantitative estimate of drug-likeness (QED) is 0.381. The van der Waals surface area contributed by atoms with Gasteiger partial charge in [-0.05, 0) is 42.3 Å². The van der Waals surface area contributed by atoms with Gasteiger partial charge in [0, 0.05) is 25.5 Å². The first kappa shape index (κ1) is 22.7. The van der Waals surface area contributed by atoms with Crippen LogP contribution in [0, 0.1) is 5.82 Å². The summed E-state index contributed by atoms with van der Waals surface area (Å²) in [5, 5.41) is 0.649. The molecule has 0 bridgehead atoms. The van der Waals surface area contributed by atoms with E-state index in [-0.39, 0.29) is 30.6 Å². The maximum Gasteiger partial charge on any atom is 0.233 e. The Morgan fingerprint density at radius 1 is 1.23 bits per heavy atom. The van der Waals surface area contributed by atoms with Gasteiger partial charge in [0.05, 0.1) is 30.1 Å². The molecule has 9 heteroatoms. The summed E-state index contributed by atoms with van der Waals surface area (Å²) in [5.41, 5.74) is 1.59. The molecule has 0 saturated heterocycles. The smallest absolute Gasteiger partial charge is 0.233 e. The maximum atomic E-state index is 13.2. The number of methoxy groups -OCH3 is 1. The number of thiazole rings is 1. The molecule has 0 fully saturated rings. The monoisotopic (exact) mass is 460 g/mol. The molecule has 31 heavy (non-hydrogen) atoms. The summed E-state index contributed by atoms with van der Waals surface area (Å²) >= 11 is 1.46. The van der Waals surface area contributed by atoms with Gasteiger partial charge in [-0.25, -0.2) is 14.4 Å². The lowest BCUT2D eigenvalue weighted by Crippen LogP contribution is -2.33. The van der Waals surface area contributed by atoms with Crippen molar-refractivity contribution in [3.8, 4) is 5.75 Å². The third-order valence-electron chi connectivity index (χ3n) is 4.74. The predicted octanol–water partition coefficient (Wildman–Crippen LogP) is 4.73. The zero-order valence-electron chi connectivity index (χ0n) is 16.9. The van der Waals surface area contributed by atoms with Crippen molar-refractivity contribution < 1.29 is 13.9 Å². The van der Waals surface area contributed by atoms with Gasteiger partial charge < -0.3 is 9.30 Å². The minimum absolute atomic E-state index is 0. The molecular weight excluding hydrogens is 439 g/mol. The molecule has 6 nitrogen and oxygen atoms in total. The summed E-state index contributed by atoms with van der Waals surface area (Å²) in [5.74, 6) is 0.365. The number of nitrogens with zero attached hydrogens (tertiary/aromatic N) is 4. The average Bonchev–Trinajstić information content (AvgIpc) is 3.41. The first-order valence-electron chi connectivity index (χ1n) is 9.57. The Kier molecular flexibility index (Phi) is 7.59. The molecular formula is C22H22ClFN4O2S. The standard InChI is InChI=1S/C22H21FN4O2S.ClH/c1-29-18-7-8-19-20(14-18)30-22(25-19)27(11-2-10-26-12-9-24-15-26)21(28)13-16-3-5-17(23)6-4-16;/h3-9,12,14-15H,2,10-11,13H2,1H3;1H. The number of aromatic nitrogens is 3. The Balaban J connectivity index is 0.00000272. The molecule has 2 aromatic carbocycles. The highest BCUT2D eigenvalue weighted by Gasteiger charge is 2.20. The Labute approximate surface area is 189 Å². The van der Waals surface area contributed by atoms with E-state index in [1.165, 1.54) is 23.5 Å². The van der Waals surface area contributed by atoms with Crippen molar-refractivity contribution in [1.29, 1.82) is 0 Å². The zero-order valence-corrected chi connectivity index (χ0v) is 18.5. The van der Waals surface area contributed by atoms with Crippen molar-refractivity contribution in [2.24, 2.45) is 0 Å². The van der Waals surface area contributed by atoms with Crippen molar-refractivity contribution in [2.45, 2.75) is 19.4 Å². The van der Waals surface area contributed by atoms with Gasteiger partial charge in [-0.3, -0.25) is 9.69 Å². The normalized spacial score (nSPS) is 10.6. The lowest BCUT2D eigenvalue weighted by Gasteiger charge is -2.20. The molecule has 162 valence electrons. The van der Waals surface area contributed by atoms with Crippen LogP contribution in [0.4, 0.5) is 9.52 Å². The van der Waals surface area contributed by atoms with E-state index in [1.54, 1.807) is 36.7 Å². The van der Waals surface area contributed by atoms with Crippen molar-refractivity contribution >= 4 is 45.0 Å². The minimum Gasteiger partial charge on any atom is -0.497 e. The fourth-order valence-corrected chi connectivity index (χ4v) is 4.20. The van der Waals surface area contributed by atoms with Crippen LogP contribution >= 0.6 is 23.7 Å². The number of benzene rings is 2. The van der Waals surface area contributed by atoms with Gasteiger partial charge in [0.25, 0.3) is 0 Å². The summed E-state index contributed by atoms with van der Waals surface area (Å²) in [6.07, 6.45) is 6.33. The second-order valence-electron chi connectivity index (χ2n) is 6.83. The van der Waals surface area contributed by atoms with Gasteiger partial charge in [0.2, 0.25) is 5.91 Å². The first-order chi connectivity index (χ1) is 14.6. The molecule has 0 N–H and O–H groups in total. The van der Waals surface area contributed by atoms with E-state index in [0.29, 0.717) is 11.7 Å². The number of hydrogen-bond acceptors (Lipinski definition) is 5. The Bertz CT molecular complexity index is 1130. The van der Waals surface area contributed by atoms with Crippen LogP contribution in [0.5, 0.6) is 5.75 Å². The molecule has 4 rings (SSSR count). The van der Waals surface area contributed by atoms with Crippen molar-refractivity contribution in [1.82, 2.24) is 14.5 Å². The molecule has 0 spiro atoms. The summed E-state index contributed by atoms with van der Waals surface area (Å²) in [4.78, 5) is 23.6. The van der Waals surface area contributed by atoms with E-state index >= 15 is 0 Å². The topological polar surface area (TPSA) is 60.2 Å². The molecule has 0 saturated carbocycles. The summed E-state index contributed by atoms with van der Waals surface area (Å²) in [6, 6.07) is 11.7.